The van der Waals surface area contributed by atoms with Crippen molar-refractivity contribution < 1.29 is 33.5 Å². The Labute approximate surface area is 446 Å². The Morgan fingerprint density at radius 3 is 2.38 bits per heavy atom. The number of carbonyl (C=O) groups excluding carboxylic acids is 5. The first-order valence-corrected chi connectivity index (χ1v) is 27.3. The van der Waals surface area contributed by atoms with Crippen molar-refractivity contribution in [2.75, 3.05) is 32.7 Å². The third-order valence-corrected chi connectivity index (χ3v) is 15.3. The van der Waals surface area contributed by atoms with Crippen LogP contribution in [0.25, 0.3) is 49.8 Å². The number of aliphatic hydroxyl groups excluding tert-OH is 1. The van der Waals surface area contributed by atoms with Crippen molar-refractivity contribution in [3.05, 3.63) is 120 Å². The molecule has 5 N–H and O–H groups in total. The zero-order valence-corrected chi connectivity index (χ0v) is 44.5. The van der Waals surface area contributed by atoms with E-state index in [0.717, 1.165) is 88.1 Å². The smallest absolute Gasteiger partial charge is 0.253 e. The van der Waals surface area contributed by atoms with E-state index in [2.05, 4.69) is 31.2 Å². The number of fused-ring (bicyclic) bond motifs is 2. The van der Waals surface area contributed by atoms with Crippen LogP contribution in [0, 0.1) is 12.3 Å². The molecule has 4 aromatic heterocycles. The number of aryl methyl sites for hydroxylation is 1. The Hall–Kier alpha value is -7.28. The number of rotatable bonds is 20. The average molecular weight is 1050 g/mol. The molecule has 0 saturated carbocycles. The van der Waals surface area contributed by atoms with Crippen LogP contribution in [0.3, 0.4) is 0 Å². The topological polar surface area (TPSA) is 216 Å². The highest BCUT2D eigenvalue weighted by molar-refractivity contribution is 7.13. The Morgan fingerprint density at radius 1 is 0.855 bits per heavy atom. The number of piperidine rings is 1. The number of β-amino-alcohol motifs (C(OH)–C–C–N with tert-alkyl or cyclic N) is 1. The van der Waals surface area contributed by atoms with E-state index < -0.39 is 23.6 Å². The molecule has 3 aromatic carbocycles. The predicted octanol–water partition coefficient (Wildman–Crippen LogP) is 7.70. The van der Waals surface area contributed by atoms with Gasteiger partial charge in [-0.2, -0.15) is 5.10 Å². The fraction of sp³-hybridized carbons (Fsp3) is 0.414. The van der Waals surface area contributed by atoms with Crippen molar-refractivity contribution in [1.29, 1.82) is 0 Å². The first-order chi connectivity index (χ1) is 36.7. The van der Waals surface area contributed by atoms with Crippen LogP contribution in [-0.2, 0) is 25.7 Å². The van der Waals surface area contributed by atoms with Gasteiger partial charge >= 0.3 is 0 Å². The second kappa shape index (κ2) is 24.2. The summed E-state index contributed by atoms with van der Waals surface area (Å²) in [5, 5.41) is 28.7. The average Bonchev–Trinajstić information content (AvgIpc) is 4.27. The van der Waals surface area contributed by atoms with Crippen LogP contribution in [-0.4, -0.2) is 121 Å². The van der Waals surface area contributed by atoms with Gasteiger partial charge in [-0.15, -0.1) is 11.3 Å². The summed E-state index contributed by atoms with van der Waals surface area (Å²) in [6.45, 7) is 9.75. The second-order valence-corrected chi connectivity index (χ2v) is 22.0. The number of nitrogens with one attached hydrogen (secondary N) is 4. The van der Waals surface area contributed by atoms with Crippen molar-refractivity contribution in [2.24, 2.45) is 5.41 Å². The molecule has 0 radical (unpaired) electrons. The SMILES string of the molecule is Cc1ncsc1-c1ccc(CNC(=O)[C@@H]2C[C@@H](O)CN2C(=O)[C@@H](NC(=O)CCCCCCCNC(=O)CN[C@H]2CCCN(C(=O)c3ccc(-c4ccc5ncc(-c6cc7ccccc7o6)n5n4)cc3)C2)C(C)(C)C)cc1. The third kappa shape index (κ3) is 13.0. The molecule has 0 unspecified atom stereocenters. The summed E-state index contributed by atoms with van der Waals surface area (Å²) >= 11 is 1.58. The Morgan fingerprint density at radius 2 is 1.62 bits per heavy atom. The van der Waals surface area contributed by atoms with E-state index in [9.17, 15) is 29.1 Å². The maximum Gasteiger partial charge on any atom is 0.253 e. The number of hydrogen-bond acceptors (Lipinski definition) is 12. The van der Waals surface area contributed by atoms with E-state index in [-0.39, 0.29) is 68.1 Å². The lowest BCUT2D eigenvalue weighted by Crippen LogP contribution is -2.57. The molecular weight excluding hydrogens is 981 g/mol. The molecule has 17 nitrogen and oxygen atoms in total. The molecule has 2 saturated heterocycles. The van der Waals surface area contributed by atoms with Crippen molar-refractivity contribution in [3.8, 4) is 33.2 Å². The fourth-order valence-corrected chi connectivity index (χ4v) is 10.9. The van der Waals surface area contributed by atoms with Gasteiger partial charge in [0.1, 0.15) is 23.4 Å². The zero-order valence-electron chi connectivity index (χ0n) is 43.7. The maximum atomic E-state index is 14.0. The van der Waals surface area contributed by atoms with Crippen LogP contribution in [0.15, 0.2) is 107 Å². The van der Waals surface area contributed by atoms with Gasteiger partial charge in [0.15, 0.2) is 11.4 Å². The standard InChI is InChI=1S/C58H68N10O7S/c1-37-53(76-36-63-37)40-19-17-38(18-20-40)31-62-55(72)46-30-44(69)35-67(46)57(74)54(58(2,3)4)64-51(70)16-8-6-5-7-11-27-59-52(71)33-60-43-14-12-28-66(34-43)56(73)41-23-21-39(22-24-41)45-25-26-50-61-32-47(68(50)65-45)49-29-42-13-9-10-15-48(42)75-49/h9-10,13,15,17-26,29,32,36,43-44,46,54,60,69H,5-8,11-12,14,16,27-28,30-31,33-35H2,1-4H3,(H,59,71)(H,62,72)(H,64,70)/t43-,44+,46-,54+/m0/s1. The van der Waals surface area contributed by atoms with E-state index in [1.807, 2.05) is 129 Å². The van der Waals surface area contributed by atoms with Crippen molar-refractivity contribution >= 4 is 57.5 Å². The van der Waals surface area contributed by atoms with Gasteiger partial charge in [0.2, 0.25) is 23.6 Å². The number of thiazole rings is 1. The lowest BCUT2D eigenvalue weighted by atomic mass is 9.85. The molecule has 2 fully saturated rings. The van der Waals surface area contributed by atoms with Crippen LogP contribution in [0.5, 0.6) is 0 Å². The van der Waals surface area contributed by atoms with Crippen molar-refractivity contribution in [1.82, 2.24) is 50.6 Å². The van der Waals surface area contributed by atoms with Gasteiger partial charge in [-0.25, -0.2) is 14.5 Å². The Bertz CT molecular complexity index is 3130. The molecule has 0 spiro atoms. The van der Waals surface area contributed by atoms with Crippen molar-refractivity contribution in [2.45, 2.75) is 116 Å². The van der Waals surface area contributed by atoms with E-state index in [0.29, 0.717) is 43.0 Å². The summed E-state index contributed by atoms with van der Waals surface area (Å²) in [6.07, 6.45) is 7.02. The number of hydrogen-bond donors (Lipinski definition) is 5. The molecule has 398 valence electrons. The van der Waals surface area contributed by atoms with E-state index >= 15 is 0 Å². The molecule has 2 aliphatic rings. The maximum absolute atomic E-state index is 14.0. The van der Waals surface area contributed by atoms with E-state index in [1.165, 1.54) is 4.90 Å². The summed E-state index contributed by atoms with van der Waals surface area (Å²) in [7, 11) is 0. The largest absolute Gasteiger partial charge is 0.454 e. The second-order valence-electron chi connectivity index (χ2n) is 21.1. The molecular formula is C58H68N10O7S. The lowest BCUT2D eigenvalue weighted by Gasteiger charge is -2.35. The van der Waals surface area contributed by atoms with E-state index in [1.54, 1.807) is 22.0 Å². The normalized spacial score (nSPS) is 17.2. The molecule has 76 heavy (non-hydrogen) atoms. The predicted molar refractivity (Wildman–Crippen MR) is 293 cm³/mol. The number of benzene rings is 3. The van der Waals surface area contributed by atoms with Crippen LogP contribution in [0.1, 0.15) is 100 Å². The van der Waals surface area contributed by atoms with Gasteiger partial charge in [-0.1, -0.05) is 94.6 Å². The number of aliphatic hydroxyl groups is 1. The Kier molecular flexibility index (Phi) is 17.0. The number of para-hydroxylation sites is 1. The minimum atomic E-state index is -0.884. The molecule has 5 amide bonds. The molecule has 18 heteroatoms. The zero-order chi connectivity index (χ0) is 53.3. The summed E-state index contributed by atoms with van der Waals surface area (Å²) in [4.78, 5) is 80.4. The highest BCUT2D eigenvalue weighted by atomic mass is 32.1. The minimum absolute atomic E-state index is 0.000142. The molecule has 4 atom stereocenters. The molecule has 0 aliphatic carbocycles. The highest BCUT2D eigenvalue weighted by Crippen LogP contribution is 2.31. The molecule has 0 bridgehead atoms. The highest BCUT2D eigenvalue weighted by Gasteiger charge is 2.44. The van der Waals surface area contributed by atoms with Gasteiger partial charge in [-0.05, 0) is 85.5 Å². The lowest BCUT2D eigenvalue weighted by molar-refractivity contribution is -0.144. The van der Waals surface area contributed by atoms with Crippen LogP contribution in [0.2, 0.25) is 0 Å². The number of aromatic nitrogens is 4. The third-order valence-electron chi connectivity index (χ3n) is 14.3. The number of amides is 5. The molecule has 2 aliphatic heterocycles. The van der Waals surface area contributed by atoms with E-state index in [4.69, 9.17) is 9.52 Å². The van der Waals surface area contributed by atoms with Gasteiger partial charge < -0.3 is 40.6 Å². The summed E-state index contributed by atoms with van der Waals surface area (Å²) < 4.78 is 7.87. The first-order valence-electron chi connectivity index (χ1n) is 26.5. The van der Waals surface area contributed by atoms with Gasteiger partial charge in [-0.3, -0.25) is 24.0 Å². The monoisotopic (exact) mass is 1050 g/mol. The van der Waals surface area contributed by atoms with Crippen LogP contribution in [0.4, 0.5) is 0 Å². The number of imidazole rings is 1. The molecule has 6 heterocycles. The van der Waals surface area contributed by atoms with Crippen LogP contribution < -0.4 is 21.3 Å². The summed E-state index contributed by atoms with van der Waals surface area (Å²) in [5.74, 6) is -0.435. The number of unbranched alkanes of at least 4 members (excludes halogenated alkanes) is 4. The van der Waals surface area contributed by atoms with Crippen molar-refractivity contribution in [3.63, 3.8) is 0 Å². The number of likely N-dealkylation sites (tertiary alicyclic amines) is 2. The minimum Gasteiger partial charge on any atom is -0.454 e. The Balaban J connectivity index is 0.650. The molecule has 9 rings (SSSR count). The first kappa shape index (κ1) is 53.5. The number of carbonyl (C=O) groups is 5. The quantitative estimate of drug-likeness (QED) is 0.0466. The summed E-state index contributed by atoms with van der Waals surface area (Å²) in [5.41, 5.74) is 8.53. The number of nitrogens with zero attached hydrogens (tertiary/aromatic N) is 6. The fourth-order valence-electron chi connectivity index (χ4n) is 10.1. The molecule has 7 aromatic rings. The van der Waals surface area contributed by atoms with Gasteiger partial charge in [0.05, 0.1) is 40.6 Å². The number of furan rings is 1. The van der Waals surface area contributed by atoms with Crippen LogP contribution >= 0.6 is 11.3 Å². The van der Waals surface area contributed by atoms with Gasteiger partial charge in [0, 0.05) is 68.1 Å². The van der Waals surface area contributed by atoms with Gasteiger partial charge in [0.25, 0.3) is 5.91 Å². The summed E-state index contributed by atoms with van der Waals surface area (Å²) in [6, 6.07) is 27.3.